The number of hydrogen-bond acceptors (Lipinski definition) is 6. The van der Waals surface area contributed by atoms with Crippen molar-refractivity contribution in [1.82, 2.24) is 5.32 Å². The average molecular weight is 400 g/mol. The lowest BCUT2D eigenvalue weighted by atomic mass is 10.1. The molecule has 2 aromatic rings. The van der Waals surface area contributed by atoms with Gasteiger partial charge in [0, 0.05) is 17.3 Å². The van der Waals surface area contributed by atoms with Gasteiger partial charge in [0.25, 0.3) is 5.91 Å². The van der Waals surface area contributed by atoms with Crippen LogP contribution in [0.2, 0.25) is 0 Å². The van der Waals surface area contributed by atoms with Crippen LogP contribution in [0.15, 0.2) is 36.4 Å². The maximum Gasteiger partial charge on any atom is 0.325 e. The van der Waals surface area contributed by atoms with Crippen molar-refractivity contribution in [3.05, 3.63) is 53.1 Å². The van der Waals surface area contributed by atoms with Crippen LogP contribution in [0.1, 0.15) is 16.7 Å². The summed E-state index contributed by atoms with van der Waals surface area (Å²) < 4.78 is 15.3. The van der Waals surface area contributed by atoms with Crippen LogP contribution >= 0.6 is 0 Å². The van der Waals surface area contributed by atoms with Gasteiger partial charge in [0.05, 0.1) is 20.6 Å². The summed E-state index contributed by atoms with van der Waals surface area (Å²) in [5, 5.41) is 4.72. The molecule has 3 amide bonds. The van der Waals surface area contributed by atoms with Crippen molar-refractivity contribution in [1.29, 1.82) is 0 Å². The van der Waals surface area contributed by atoms with E-state index in [1.807, 2.05) is 19.9 Å². The maximum atomic E-state index is 12.0. The van der Waals surface area contributed by atoms with E-state index in [0.29, 0.717) is 22.7 Å². The minimum Gasteiger partial charge on any atom is -0.497 e. The fraction of sp³-hybridized carbons (Fsp3) is 0.286. The van der Waals surface area contributed by atoms with E-state index in [1.54, 1.807) is 30.3 Å². The number of methoxy groups -OCH3 is 2. The quantitative estimate of drug-likeness (QED) is 0.693. The summed E-state index contributed by atoms with van der Waals surface area (Å²) in [6, 6.07) is 9.76. The number of ether oxygens (including phenoxy) is 3. The molecule has 29 heavy (non-hydrogen) atoms. The van der Waals surface area contributed by atoms with Crippen molar-refractivity contribution in [3.8, 4) is 11.5 Å². The summed E-state index contributed by atoms with van der Waals surface area (Å²) in [5.74, 6) is -0.298. The van der Waals surface area contributed by atoms with E-state index >= 15 is 0 Å². The lowest BCUT2D eigenvalue weighted by Crippen LogP contribution is -2.37. The highest BCUT2D eigenvalue weighted by molar-refractivity contribution is 6.02. The van der Waals surface area contributed by atoms with E-state index in [4.69, 9.17) is 14.2 Å². The molecule has 0 radical (unpaired) electrons. The Kier molecular flexibility index (Phi) is 7.59. The zero-order valence-electron chi connectivity index (χ0n) is 16.8. The normalized spacial score (nSPS) is 10.1. The number of urea groups is 1. The molecule has 2 N–H and O–H groups in total. The fourth-order valence-corrected chi connectivity index (χ4v) is 2.55. The molecule has 0 aliphatic heterocycles. The second-order valence-corrected chi connectivity index (χ2v) is 6.27. The zero-order chi connectivity index (χ0) is 21.4. The SMILES string of the molecule is COc1ccc(CC(=O)OCC(=O)NC(=O)Nc2cccc(C)c2C)c(OC)c1. The number of esters is 1. The molecular formula is C21H24N2O6. The third-order valence-electron chi connectivity index (χ3n) is 4.30. The molecule has 2 aromatic carbocycles. The van der Waals surface area contributed by atoms with Crippen molar-refractivity contribution in [3.63, 3.8) is 0 Å². The highest BCUT2D eigenvalue weighted by atomic mass is 16.5. The van der Waals surface area contributed by atoms with Gasteiger partial charge in [0.1, 0.15) is 11.5 Å². The number of aryl methyl sites for hydroxylation is 1. The molecule has 0 heterocycles. The first-order valence-electron chi connectivity index (χ1n) is 8.87. The summed E-state index contributed by atoms with van der Waals surface area (Å²) >= 11 is 0. The Bertz CT molecular complexity index is 910. The van der Waals surface area contributed by atoms with Gasteiger partial charge in [0.2, 0.25) is 0 Å². The van der Waals surface area contributed by atoms with Gasteiger partial charge >= 0.3 is 12.0 Å². The lowest BCUT2D eigenvalue weighted by Gasteiger charge is -2.12. The molecule has 0 fully saturated rings. The molecule has 154 valence electrons. The monoisotopic (exact) mass is 400 g/mol. The molecule has 0 aliphatic carbocycles. The third kappa shape index (κ3) is 6.24. The van der Waals surface area contributed by atoms with Crippen LogP contribution in [0, 0.1) is 13.8 Å². The van der Waals surface area contributed by atoms with Crippen LogP contribution in [0.4, 0.5) is 10.5 Å². The molecule has 0 saturated heterocycles. The average Bonchev–Trinajstić information content (AvgIpc) is 2.70. The molecule has 0 aliphatic rings. The third-order valence-corrected chi connectivity index (χ3v) is 4.30. The maximum absolute atomic E-state index is 12.0. The Morgan fingerprint density at radius 3 is 2.45 bits per heavy atom. The van der Waals surface area contributed by atoms with Gasteiger partial charge in [-0.2, -0.15) is 0 Å². The topological polar surface area (TPSA) is 103 Å². The zero-order valence-corrected chi connectivity index (χ0v) is 16.8. The van der Waals surface area contributed by atoms with Crippen LogP contribution in [0.3, 0.4) is 0 Å². The van der Waals surface area contributed by atoms with Crippen LogP contribution in [-0.2, 0) is 20.7 Å². The number of carbonyl (C=O) groups excluding carboxylic acids is 3. The predicted octanol–water partition coefficient (Wildman–Crippen LogP) is 2.75. The van der Waals surface area contributed by atoms with Crippen molar-refractivity contribution in [2.75, 3.05) is 26.1 Å². The summed E-state index contributed by atoms with van der Waals surface area (Å²) in [4.78, 5) is 35.8. The number of nitrogens with one attached hydrogen (secondary N) is 2. The smallest absolute Gasteiger partial charge is 0.325 e. The standard InChI is InChI=1S/C21H24N2O6/c1-13-6-5-7-17(14(13)2)22-21(26)23-19(24)12-29-20(25)10-15-8-9-16(27-3)11-18(15)28-4/h5-9,11H,10,12H2,1-4H3,(H2,22,23,24,26). The Morgan fingerprint density at radius 2 is 1.76 bits per heavy atom. The number of anilines is 1. The van der Waals surface area contributed by atoms with Crippen molar-refractivity contribution >= 4 is 23.6 Å². The Labute approximate surface area is 169 Å². The molecular weight excluding hydrogens is 376 g/mol. The highest BCUT2D eigenvalue weighted by Gasteiger charge is 2.15. The number of rotatable bonds is 7. The first kappa shape index (κ1) is 21.7. The first-order chi connectivity index (χ1) is 13.8. The van der Waals surface area contributed by atoms with Crippen LogP contribution in [0.25, 0.3) is 0 Å². The van der Waals surface area contributed by atoms with E-state index in [0.717, 1.165) is 11.1 Å². The molecule has 0 saturated carbocycles. The Balaban J connectivity index is 1.83. The van der Waals surface area contributed by atoms with Gasteiger partial charge in [-0.05, 0) is 37.1 Å². The van der Waals surface area contributed by atoms with E-state index in [2.05, 4.69) is 10.6 Å². The molecule has 2 rings (SSSR count). The Morgan fingerprint density at radius 1 is 1.00 bits per heavy atom. The minimum absolute atomic E-state index is 0.0882. The second kappa shape index (κ2) is 10.1. The molecule has 8 heteroatoms. The van der Waals surface area contributed by atoms with Gasteiger partial charge in [-0.25, -0.2) is 4.79 Å². The fourth-order valence-electron chi connectivity index (χ4n) is 2.55. The second-order valence-electron chi connectivity index (χ2n) is 6.27. The van der Waals surface area contributed by atoms with Crippen molar-refractivity contribution < 1.29 is 28.6 Å². The molecule has 0 aromatic heterocycles. The van der Waals surface area contributed by atoms with E-state index in [9.17, 15) is 14.4 Å². The van der Waals surface area contributed by atoms with E-state index < -0.39 is 24.5 Å². The van der Waals surface area contributed by atoms with E-state index in [1.165, 1.54) is 14.2 Å². The Hall–Kier alpha value is -3.55. The minimum atomic E-state index is -0.733. The molecule has 0 spiro atoms. The van der Waals surface area contributed by atoms with Gasteiger partial charge in [-0.1, -0.05) is 18.2 Å². The van der Waals surface area contributed by atoms with E-state index in [-0.39, 0.29) is 6.42 Å². The number of carbonyl (C=O) groups is 3. The van der Waals surface area contributed by atoms with Gasteiger partial charge in [-0.3, -0.25) is 14.9 Å². The highest BCUT2D eigenvalue weighted by Crippen LogP contribution is 2.25. The summed E-state index contributed by atoms with van der Waals surface area (Å²) in [7, 11) is 3.00. The number of imide groups is 1. The summed E-state index contributed by atoms with van der Waals surface area (Å²) in [6.45, 7) is 3.21. The molecule has 0 atom stereocenters. The van der Waals surface area contributed by atoms with Crippen LogP contribution < -0.4 is 20.1 Å². The van der Waals surface area contributed by atoms with Crippen molar-refractivity contribution in [2.45, 2.75) is 20.3 Å². The lowest BCUT2D eigenvalue weighted by molar-refractivity contribution is -0.147. The molecule has 8 nitrogen and oxygen atoms in total. The van der Waals surface area contributed by atoms with Gasteiger partial charge in [-0.15, -0.1) is 0 Å². The van der Waals surface area contributed by atoms with Crippen molar-refractivity contribution in [2.24, 2.45) is 0 Å². The van der Waals surface area contributed by atoms with Crippen LogP contribution in [-0.4, -0.2) is 38.7 Å². The largest absolute Gasteiger partial charge is 0.497 e. The predicted molar refractivity (Wildman–Crippen MR) is 107 cm³/mol. The van der Waals surface area contributed by atoms with Crippen LogP contribution in [0.5, 0.6) is 11.5 Å². The number of benzene rings is 2. The molecule has 0 unspecified atom stereocenters. The molecule has 0 bridgehead atoms. The van der Waals surface area contributed by atoms with Gasteiger partial charge < -0.3 is 19.5 Å². The number of hydrogen-bond donors (Lipinski definition) is 2. The first-order valence-corrected chi connectivity index (χ1v) is 8.87. The number of amides is 3. The summed E-state index contributed by atoms with van der Waals surface area (Å²) in [6.07, 6.45) is -0.0882. The summed E-state index contributed by atoms with van der Waals surface area (Å²) in [5.41, 5.74) is 3.09. The van der Waals surface area contributed by atoms with Gasteiger partial charge in [0.15, 0.2) is 6.61 Å².